The molecule has 0 spiro atoms. The average Bonchev–Trinajstić information content (AvgIpc) is 2.76. The van der Waals surface area contributed by atoms with Crippen molar-refractivity contribution in [3.8, 4) is 12.3 Å². The van der Waals surface area contributed by atoms with Gasteiger partial charge in [-0.15, -0.1) is 6.42 Å². The van der Waals surface area contributed by atoms with Crippen LogP contribution < -0.4 is 10.6 Å². The van der Waals surface area contributed by atoms with Crippen molar-refractivity contribution >= 4 is 17.5 Å². The molecule has 1 aliphatic heterocycles. The fraction of sp³-hybridized carbons (Fsp3) is 0.231. The molecule has 1 aromatic rings. The summed E-state index contributed by atoms with van der Waals surface area (Å²) in [5, 5.41) is 5.34. The van der Waals surface area contributed by atoms with E-state index in [0.717, 1.165) is 0 Å². The number of nitrogens with one attached hydrogen (secondary N) is 2. The number of anilines is 1. The summed E-state index contributed by atoms with van der Waals surface area (Å²) in [5.41, 5.74) is 1.35. The molecule has 0 unspecified atom stereocenters. The summed E-state index contributed by atoms with van der Waals surface area (Å²) in [6.07, 6.45) is 6.22. The zero-order valence-electron chi connectivity index (χ0n) is 9.19. The van der Waals surface area contributed by atoms with Gasteiger partial charge >= 0.3 is 0 Å². The molecular weight excluding hydrogens is 216 g/mol. The van der Waals surface area contributed by atoms with Crippen LogP contribution in [0.3, 0.4) is 0 Å². The van der Waals surface area contributed by atoms with Crippen LogP contribution in [0.1, 0.15) is 18.4 Å². The third kappa shape index (κ3) is 2.64. The molecule has 1 fully saturated rings. The molecule has 2 rings (SSSR count). The van der Waals surface area contributed by atoms with Gasteiger partial charge in [-0.3, -0.25) is 9.59 Å². The Kier molecular flexibility index (Phi) is 3.10. The Labute approximate surface area is 99.4 Å². The zero-order valence-corrected chi connectivity index (χ0v) is 9.19. The quantitative estimate of drug-likeness (QED) is 0.738. The highest BCUT2D eigenvalue weighted by molar-refractivity contribution is 5.99. The number of carbonyl (C=O) groups excluding carboxylic acids is 2. The molecule has 0 radical (unpaired) electrons. The molecule has 4 nitrogen and oxygen atoms in total. The van der Waals surface area contributed by atoms with Crippen LogP contribution in [0.4, 0.5) is 5.69 Å². The van der Waals surface area contributed by atoms with Crippen LogP contribution in [0, 0.1) is 12.3 Å². The van der Waals surface area contributed by atoms with Crippen molar-refractivity contribution in [1.82, 2.24) is 5.32 Å². The Morgan fingerprint density at radius 2 is 2.35 bits per heavy atom. The molecular formula is C13H12N2O2. The van der Waals surface area contributed by atoms with Crippen LogP contribution in [0.2, 0.25) is 0 Å². The highest BCUT2D eigenvalue weighted by Crippen LogP contribution is 2.13. The minimum atomic E-state index is -0.433. The van der Waals surface area contributed by atoms with Gasteiger partial charge in [0.05, 0.1) is 0 Å². The maximum atomic E-state index is 11.8. The third-order valence-corrected chi connectivity index (χ3v) is 2.61. The lowest BCUT2D eigenvalue weighted by Gasteiger charge is -2.10. The molecule has 86 valence electrons. The van der Waals surface area contributed by atoms with E-state index in [2.05, 4.69) is 16.6 Å². The minimum Gasteiger partial charge on any atom is -0.344 e. The molecule has 0 saturated carbocycles. The van der Waals surface area contributed by atoms with Gasteiger partial charge in [0, 0.05) is 17.7 Å². The second-order valence-corrected chi connectivity index (χ2v) is 3.87. The van der Waals surface area contributed by atoms with E-state index in [4.69, 9.17) is 6.42 Å². The van der Waals surface area contributed by atoms with Crippen molar-refractivity contribution in [3.05, 3.63) is 29.8 Å². The summed E-state index contributed by atoms with van der Waals surface area (Å²) in [6, 6.07) is 6.60. The largest absolute Gasteiger partial charge is 0.344 e. The highest BCUT2D eigenvalue weighted by atomic mass is 16.2. The molecule has 1 atom stereocenters. The van der Waals surface area contributed by atoms with Crippen LogP contribution in [-0.4, -0.2) is 17.9 Å². The summed E-state index contributed by atoms with van der Waals surface area (Å²) in [4.78, 5) is 22.8. The summed E-state index contributed by atoms with van der Waals surface area (Å²) >= 11 is 0. The molecule has 0 bridgehead atoms. The molecule has 1 saturated heterocycles. The van der Waals surface area contributed by atoms with E-state index in [-0.39, 0.29) is 11.8 Å². The van der Waals surface area contributed by atoms with E-state index < -0.39 is 6.04 Å². The van der Waals surface area contributed by atoms with E-state index in [1.54, 1.807) is 24.3 Å². The third-order valence-electron chi connectivity index (χ3n) is 2.61. The second-order valence-electron chi connectivity index (χ2n) is 3.87. The molecule has 2 N–H and O–H groups in total. The van der Waals surface area contributed by atoms with E-state index in [9.17, 15) is 9.59 Å². The SMILES string of the molecule is C#Cc1cccc(NC(=O)[C@@H]2CCC(=O)N2)c1. The number of hydrogen-bond donors (Lipinski definition) is 2. The van der Waals surface area contributed by atoms with Crippen molar-refractivity contribution in [2.24, 2.45) is 0 Å². The minimum absolute atomic E-state index is 0.0810. The fourth-order valence-electron chi connectivity index (χ4n) is 1.73. The lowest BCUT2D eigenvalue weighted by molar-refractivity contribution is -0.122. The van der Waals surface area contributed by atoms with Gasteiger partial charge in [0.1, 0.15) is 6.04 Å². The Bertz CT molecular complexity index is 502. The van der Waals surface area contributed by atoms with Crippen molar-refractivity contribution in [2.45, 2.75) is 18.9 Å². The average molecular weight is 228 g/mol. The van der Waals surface area contributed by atoms with Gasteiger partial charge in [0.2, 0.25) is 11.8 Å². The number of terminal acetylenes is 1. The van der Waals surface area contributed by atoms with E-state index >= 15 is 0 Å². The maximum absolute atomic E-state index is 11.8. The number of hydrogen-bond acceptors (Lipinski definition) is 2. The second kappa shape index (κ2) is 4.71. The number of benzene rings is 1. The first-order valence-corrected chi connectivity index (χ1v) is 5.36. The number of amides is 2. The Morgan fingerprint density at radius 3 is 3.00 bits per heavy atom. The monoisotopic (exact) mass is 228 g/mol. The van der Waals surface area contributed by atoms with Gasteiger partial charge in [0.15, 0.2) is 0 Å². The predicted molar refractivity (Wildman–Crippen MR) is 64.2 cm³/mol. The topological polar surface area (TPSA) is 58.2 Å². The van der Waals surface area contributed by atoms with E-state index in [0.29, 0.717) is 24.1 Å². The first kappa shape index (κ1) is 11.2. The molecule has 4 heteroatoms. The molecule has 0 aromatic heterocycles. The summed E-state index contributed by atoms with van der Waals surface area (Å²) in [7, 11) is 0. The normalized spacial score (nSPS) is 18.3. The van der Waals surface area contributed by atoms with Crippen molar-refractivity contribution in [3.63, 3.8) is 0 Å². The lowest BCUT2D eigenvalue weighted by atomic mass is 10.2. The fourth-order valence-corrected chi connectivity index (χ4v) is 1.73. The van der Waals surface area contributed by atoms with Crippen LogP contribution in [-0.2, 0) is 9.59 Å². The molecule has 1 aliphatic rings. The molecule has 17 heavy (non-hydrogen) atoms. The van der Waals surface area contributed by atoms with Crippen molar-refractivity contribution < 1.29 is 9.59 Å². The summed E-state index contributed by atoms with van der Waals surface area (Å²) in [6.45, 7) is 0. The predicted octanol–water partition coefficient (Wildman–Crippen LogP) is 0.885. The van der Waals surface area contributed by atoms with Crippen molar-refractivity contribution in [1.29, 1.82) is 0 Å². The number of rotatable bonds is 2. The number of carbonyl (C=O) groups is 2. The van der Waals surface area contributed by atoms with E-state index in [1.807, 2.05) is 0 Å². The lowest BCUT2D eigenvalue weighted by Crippen LogP contribution is -2.37. The van der Waals surface area contributed by atoms with Gasteiger partial charge in [0.25, 0.3) is 0 Å². The van der Waals surface area contributed by atoms with Gasteiger partial charge in [-0.25, -0.2) is 0 Å². The Balaban J connectivity index is 2.03. The van der Waals surface area contributed by atoms with Gasteiger partial charge < -0.3 is 10.6 Å². The van der Waals surface area contributed by atoms with Gasteiger partial charge in [-0.05, 0) is 24.6 Å². The Morgan fingerprint density at radius 1 is 1.53 bits per heavy atom. The first-order valence-electron chi connectivity index (χ1n) is 5.36. The van der Waals surface area contributed by atoms with Gasteiger partial charge in [-0.2, -0.15) is 0 Å². The zero-order chi connectivity index (χ0) is 12.3. The van der Waals surface area contributed by atoms with Gasteiger partial charge in [-0.1, -0.05) is 12.0 Å². The Hall–Kier alpha value is -2.28. The standard InChI is InChI=1S/C13H12N2O2/c1-2-9-4-3-5-10(8-9)14-13(17)11-6-7-12(16)15-11/h1,3-5,8,11H,6-7H2,(H,14,17)(H,15,16)/t11-/m0/s1. The highest BCUT2D eigenvalue weighted by Gasteiger charge is 2.26. The smallest absolute Gasteiger partial charge is 0.246 e. The maximum Gasteiger partial charge on any atom is 0.246 e. The summed E-state index contributed by atoms with van der Waals surface area (Å²) < 4.78 is 0. The van der Waals surface area contributed by atoms with Crippen molar-refractivity contribution in [2.75, 3.05) is 5.32 Å². The van der Waals surface area contributed by atoms with Crippen LogP contribution in [0.15, 0.2) is 24.3 Å². The summed E-state index contributed by atoms with van der Waals surface area (Å²) in [5.74, 6) is 2.21. The molecule has 1 heterocycles. The molecule has 2 amide bonds. The van der Waals surface area contributed by atoms with Crippen LogP contribution in [0.5, 0.6) is 0 Å². The van der Waals surface area contributed by atoms with Crippen LogP contribution in [0.25, 0.3) is 0 Å². The molecule has 0 aliphatic carbocycles. The van der Waals surface area contributed by atoms with E-state index in [1.165, 1.54) is 0 Å². The first-order chi connectivity index (χ1) is 8.19. The van der Waals surface area contributed by atoms with Crippen LogP contribution >= 0.6 is 0 Å². The molecule has 1 aromatic carbocycles.